The summed E-state index contributed by atoms with van der Waals surface area (Å²) in [7, 11) is 0. The second-order valence-corrected chi connectivity index (χ2v) is 9.20. The van der Waals surface area contributed by atoms with Crippen LogP contribution in [0.4, 0.5) is 0 Å². The van der Waals surface area contributed by atoms with Crippen LogP contribution in [0.25, 0.3) is 0 Å². The highest BCUT2D eigenvalue weighted by molar-refractivity contribution is 5.81. The molecule has 0 spiro atoms. The van der Waals surface area contributed by atoms with Gasteiger partial charge in [0.15, 0.2) is 6.10 Å². The first kappa shape index (κ1) is 22.7. The SMILES string of the molecule is CCC(Oc1ccc(C(C)(C)CC)cc1C(C)(C)CC)C(=O)N1CC[N]CC1. The Hall–Kier alpha value is -1.55. The molecular formula is C24H39N2O2. The first-order valence-electron chi connectivity index (χ1n) is 10.9. The number of hydrogen-bond acceptors (Lipinski definition) is 2. The topological polar surface area (TPSA) is 43.6 Å². The average Bonchev–Trinajstić information content (AvgIpc) is 2.72. The molecule has 4 nitrogen and oxygen atoms in total. The van der Waals surface area contributed by atoms with E-state index in [2.05, 4.69) is 65.1 Å². The Morgan fingerprint density at radius 3 is 2.21 bits per heavy atom. The number of piperazine rings is 1. The monoisotopic (exact) mass is 387 g/mol. The average molecular weight is 388 g/mol. The van der Waals surface area contributed by atoms with Crippen molar-refractivity contribution >= 4 is 5.91 Å². The lowest BCUT2D eigenvalue weighted by Gasteiger charge is -2.33. The van der Waals surface area contributed by atoms with Gasteiger partial charge in [-0.25, -0.2) is 5.32 Å². The minimum absolute atomic E-state index is 0.0134. The van der Waals surface area contributed by atoms with E-state index in [-0.39, 0.29) is 16.7 Å². The van der Waals surface area contributed by atoms with Gasteiger partial charge in [0.2, 0.25) is 0 Å². The highest BCUT2D eigenvalue weighted by Crippen LogP contribution is 2.39. The van der Waals surface area contributed by atoms with Crippen LogP contribution in [0.3, 0.4) is 0 Å². The second-order valence-electron chi connectivity index (χ2n) is 9.20. The lowest BCUT2D eigenvalue weighted by atomic mass is 9.76. The van der Waals surface area contributed by atoms with E-state index in [1.807, 2.05) is 11.8 Å². The number of benzene rings is 1. The standard InChI is InChI=1S/C24H39N2O2/c1-8-20(22(27)26-15-13-25-14-16-26)28-21-12-11-18(23(4,5)9-2)17-19(21)24(6,7)10-3/h11-12,17,20H,8-10,13-16H2,1-7H3. The van der Waals surface area contributed by atoms with Crippen molar-refractivity contribution in [1.29, 1.82) is 0 Å². The number of carbonyl (C=O) groups is 1. The Labute approximate surface area is 172 Å². The van der Waals surface area contributed by atoms with E-state index in [1.165, 1.54) is 11.1 Å². The molecule has 0 aliphatic carbocycles. The van der Waals surface area contributed by atoms with Gasteiger partial charge in [-0.1, -0.05) is 60.6 Å². The Kier molecular flexibility index (Phi) is 7.55. The number of rotatable bonds is 8. The molecule has 1 aromatic rings. The molecule has 0 bridgehead atoms. The smallest absolute Gasteiger partial charge is 0.263 e. The lowest BCUT2D eigenvalue weighted by Crippen LogP contribution is -2.49. The van der Waals surface area contributed by atoms with E-state index in [0.717, 1.165) is 31.7 Å². The van der Waals surface area contributed by atoms with Crippen LogP contribution in [0.1, 0.15) is 78.9 Å². The van der Waals surface area contributed by atoms with Crippen molar-refractivity contribution in [3.8, 4) is 5.75 Å². The van der Waals surface area contributed by atoms with Crippen LogP contribution >= 0.6 is 0 Å². The summed E-state index contributed by atoms with van der Waals surface area (Å²) in [4.78, 5) is 14.9. The van der Waals surface area contributed by atoms with Gasteiger partial charge in [0.05, 0.1) is 0 Å². The van der Waals surface area contributed by atoms with E-state index in [0.29, 0.717) is 19.5 Å². The van der Waals surface area contributed by atoms with Gasteiger partial charge in [0.1, 0.15) is 5.75 Å². The summed E-state index contributed by atoms with van der Waals surface area (Å²) in [5, 5.41) is 4.34. The maximum absolute atomic E-state index is 13.0. The first-order valence-corrected chi connectivity index (χ1v) is 10.9. The molecule has 1 heterocycles. The predicted molar refractivity (Wildman–Crippen MR) is 116 cm³/mol. The van der Waals surface area contributed by atoms with Gasteiger partial charge in [-0.05, 0) is 41.7 Å². The molecule has 1 amide bonds. The quantitative estimate of drug-likeness (QED) is 0.651. The second kappa shape index (κ2) is 9.30. The molecule has 1 aliphatic heterocycles. The summed E-state index contributed by atoms with van der Waals surface area (Å²) < 4.78 is 6.38. The third-order valence-electron chi connectivity index (χ3n) is 6.54. The van der Waals surface area contributed by atoms with Crippen LogP contribution in [-0.4, -0.2) is 43.1 Å². The third-order valence-corrected chi connectivity index (χ3v) is 6.54. The molecule has 1 unspecified atom stereocenters. The predicted octanol–water partition coefficient (Wildman–Crippen LogP) is 4.67. The minimum Gasteiger partial charge on any atom is -0.480 e. The first-order chi connectivity index (χ1) is 13.2. The highest BCUT2D eigenvalue weighted by Gasteiger charge is 2.30. The van der Waals surface area contributed by atoms with Crippen LogP contribution < -0.4 is 10.1 Å². The number of hydrogen-bond donors (Lipinski definition) is 0. The fourth-order valence-electron chi connectivity index (χ4n) is 3.47. The van der Waals surface area contributed by atoms with Gasteiger partial charge >= 0.3 is 0 Å². The van der Waals surface area contributed by atoms with Gasteiger partial charge in [-0.15, -0.1) is 0 Å². The summed E-state index contributed by atoms with van der Waals surface area (Å²) in [6, 6.07) is 6.56. The molecule has 0 aromatic heterocycles. The van der Waals surface area contributed by atoms with Crippen molar-refractivity contribution in [3.63, 3.8) is 0 Å². The Balaban J connectivity index is 2.35. The fourth-order valence-corrected chi connectivity index (χ4v) is 3.47. The van der Waals surface area contributed by atoms with E-state index < -0.39 is 6.10 Å². The van der Waals surface area contributed by atoms with Crippen molar-refractivity contribution in [1.82, 2.24) is 10.2 Å². The van der Waals surface area contributed by atoms with Gasteiger partial charge in [0.25, 0.3) is 5.91 Å². The van der Waals surface area contributed by atoms with E-state index >= 15 is 0 Å². The molecule has 1 aromatic carbocycles. The molecule has 1 saturated heterocycles. The number of nitrogens with zero attached hydrogens (tertiary/aromatic N) is 2. The fraction of sp³-hybridized carbons (Fsp3) is 0.708. The van der Waals surface area contributed by atoms with E-state index in [9.17, 15) is 4.79 Å². The Bertz CT molecular complexity index is 661. The molecule has 0 N–H and O–H groups in total. The zero-order valence-electron chi connectivity index (χ0n) is 19.0. The molecule has 1 aliphatic rings. The Morgan fingerprint density at radius 1 is 1.07 bits per heavy atom. The molecule has 157 valence electrons. The molecule has 28 heavy (non-hydrogen) atoms. The van der Waals surface area contributed by atoms with Gasteiger partial charge in [0, 0.05) is 31.7 Å². The minimum atomic E-state index is -0.436. The van der Waals surface area contributed by atoms with E-state index in [1.54, 1.807) is 0 Å². The van der Waals surface area contributed by atoms with Crippen LogP contribution in [-0.2, 0) is 15.6 Å². The molecule has 2 rings (SSSR count). The zero-order valence-corrected chi connectivity index (χ0v) is 19.0. The van der Waals surface area contributed by atoms with Gasteiger partial charge < -0.3 is 9.64 Å². The van der Waals surface area contributed by atoms with Crippen molar-refractivity contribution < 1.29 is 9.53 Å². The van der Waals surface area contributed by atoms with Gasteiger partial charge in [-0.2, -0.15) is 0 Å². The number of carbonyl (C=O) groups excluding carboxylic acids is 1. The molecule has 4 heteroatoms. The molecule has 1 fully saturated rings. The van der Waals surface area contributed by atoms with Crippen LogP contribution in [0.2, 0.25) is 0 Å². The maximum Gasteiger partial charge on any atom is 0.263 e. The molecule has 1 radical (unpaired) electrons. The third kappa shape index (κ3) is 5.08. The normalized spacial score (nSPS) is 16.8. The van der Waals surface area contributed by atoms with Crippen LogP contribution in [0.5, 0.6) is 5.75 Å². The van der Waals surface area contributed by atoms with Gasteiger partial charge in [-0.3, -0.25) is 4.79 Å². The van der Waals surface area contributed by atoms with Crippen molar-refractivity contribution in [2.24, 2.45) is 0 Å². The summed E-state index contributed by atoms with van der Waals surface area (Å²) in [6.45, 7) is 18.4. The lowest BCUT2D eigenvalue weighted by molar-refractivity contribution is -0.139. The van der Waals surface area contributed by atoms with Crippen molar-refractivity contribution in [3.05, 3.63) is 29.3 Å². The summed E-state index contributed by atoms with van der Waals surface area (Å²) in [6.07, 6.45) is 2.32. The molecule has 1 atom stereocenters. The number of amides is 1. The largest absolute Gasteiger partial charge is 0.480 e. The van der Waals surface area contributed by atoms with Crippen molar-refractivity contribution in [2.75, 3.05) is 26.2 Å². The summed E-state index contributed by atoms with van der Waals surface area (Å²) in [5.41, 5.74) is 2.64. The van der Waals surface area contributed by atoms with E-state index in [4.69, 9.17) is 4.74 Å². The highest BCUT2D eigenvalue weighted by atomic mass is 16.5. The van der Waals surface area contributed by atoms with Crippen LogP contribution in [0, 0.1) is 0 Å². The van der Waals surface area contributed by atoms with Crippen LogP contribution in [0.15, 0.2) is 18.2 Å². The van der Waals surface area contributed by atoms with Crippen molar-refractivity contribution in [2.45, 2.75) is 84.7 Å². The Morgan fingerprint density at radius 2 is 1.68 bits per heavy atom. The number of ether oxygens (including phenoxy) is 1. The maximum atomic E-state index is 13.0. The summed E-state index contributed by atoms with van der Waals surface area (Å²) in [5.74, 6) is 0.944. The summed E-state index contributed by atoms with van der Waals surface area (Å²) >= 11 is 0. The molecular weight excluding hydrogens is 348 g/mol. The molecule has 0 saturated carbocycles. The zero-order chi connectivity index (χ0) is 20.9.